The van der Waals surface area contributed by atoms with Crippen LogP contribution in [0.5, 0.6) is 11.5 Å². The molecule has 1 aliphatic heterocycles. The van der Waals surface area contributed by atoms with E-state index in [-0.39, 0.29) is 12.7 Å². The van der Waals surface area contributed by atoms with Gasteiger partial charge in [0.15, 0.2) is 11.5 Å². The summed E-state index contributed by atoms with van der Waals surface area (Å²) in [4.78, 5) is 23.1. The van der Waals surface area contributed by atoms with Gasteiger partial charge in [-0.25, -0.2) is 9.97 Å². The van der Waals surface area contributed by atoms with E-state index in [2.05, 4.69) is 25.5 Å². The monoisotopic (exact) mass is 371 g/mol. The van der Waals surface area contributed by atoms with Gasteiger partial charge >= 0.3 is 0 Å². The molecule has 8 nitrogen and oxygen atoms in total. The number of hydrogen-bond donors (Lipinski definition) is 2. The quantitative estimate of drug-likeness (QED) is 0.684. The summed E-state index contributed by atoms with van der Waals surface area (Å²) in [6.45, 7) is 4.14. The molecule has 1 aromatic heterocycles. The molecule has 0 bridgehead atoms. The van der Waals surface area contributed by atoms with Gasteiger partial charge < -0.3 is 25.0 Å². The molecule has 0 radical (unpaired) electrons. The summed E-state index contributed by atoms with van der Waals surface area (Å²) in [7, 11) is 4.02. The Hall–Kier alpha value is -2.87. The molecule has 0 saturated heterocycles. The first-order valence-electron chi connectivity index (χ1n) is 8.92. The van der Waals surface area contributed by atoms with Gasteiger partial charge in [-0.15, -0.1) is 0 Å². The first-order valence-corrected chi connectivity index (χ1v) is 8.92. The molecule has 0 aliphatic carbocycles. The minimum atomic E-state index is -0.189. The molecule has 2 N–H and O–H groups in total. The van der Waals surface area contributed by atoms with Gasteiger partial charge in [-0.1, -0.05) is 6.07 Å². The maximum atomic E-state index is 12.3. The molecular formula is C19H25N5O3. The summed E-state index contributed by atoms with van der Waals surface area (Å²) in [5.41, 5.74) is 2.11. The standard InChI is InChI=1S/C19H25N5O3/c1-13-9-15(18(25)20-7-4-8-24(2)3)23-19(22-13)21-11-14-5-6-16-17(10-14)27-12-26-16/h5-6,9-10H,4,7-8,11-12H2,1-3H3,(H,20,25)(H,21,22,23). The molecule has 27 heavy (non-hydrogen) atoms. The van der Waals surface area contributed by atoms with Crippen LogP contribution < -0.4 is 20.1 Å². The lowest BCUT2D eigenvalue weighted by Crippen LogP contribution is -2.28. The SMILES string of the molecule is Cc1cc(C(=O)NCCCN(C)C)nc(NCc2ccc3c(c2)OCO3)n1. The fourth-order valence-corrected chi connectivity index (χ4v) is 2.68. The van der Waals surface area contributed by atoms with Gasteiger partial charge in [-0.3, -0.25) is 4.79 Å². The third-order valence-corrected chi connectivity index (χ3v) is 4.04. The number of anilines is 1. The third kappa shape index (κ3) is 5.30. The molecule has 8 heteroatoms. The number of fused-ring (bicyclic) bond motifs is 1. The number of rotatable bonds is 8. The number of hydrogen-bond acceptors (Lipinski definition) is 7. The normalized spacial score (nSPS) is 12.3. The number of benzene rings is 1. The van der Waals surface area contributed by atoms with Crippen molar-refractivity contribution in [2.75, 3.05) is 39.3 Å². The second kappa shape index (κ2) is 8.68. The van der Waals surface area contributed by atoms with Crippen molar-refractivity contribution < 1.29 is 14.3 Å². The second-order valence-corrected chi connectivity index (χ2v) is 6.67. The first-order chi connectivity index (χ1) is 13.0. The molecule has 0 fully saturated rings. The van der Waals surface area contributed by atoms with Crippen molar-refractivity contribution >= 4 is 11.9 Å². The number of carbonyl (C=O) groups excluding carboxylic acids is 1. The van der Waals surface area contributed by atoms with Crippen LogP contribution >= 0.6 is 0 Å². The zero-order valence-electron chi connectivity index (χ0n) is 15.9. The number of ether oxygens (including phenoxy) is 2. The number of carbonyl (C=O) groups is 1. The van der Waals surface area contributed by atoms with Crippen LogP contribution in [0.15, 0.2) is 24.3 Å². The molecule has 1 amide bonds. The Morgan fingerprint density at radius 2 is 2.00 bits per heavy atom. The van der Waals surface area contributed by atoms with Crippen LogP contribution in [-0.2, 0) is 6.54 Å². The zero-order chi connectivity index (χ0) is 19.2. The average Bonchev–Trinajstić information content (AvgIpc) is 3.10. The largest absolute Gasteiger partial charge is 0.454 e. The summed E-state index contributed by atoms with van der Waals surface area (Å²) in [5, 5.41) is 6.06. The number of nitrogens with one attached hydrogen (secondary N) is 2. The molecule has 0 unspecified atom stereocenters. The Balaban J connectivity index is 1.58. The number of amides is 1. The Morgan fingerprint density at radius 1 is 1.19 bits per heavy atom. The topological polar surface area (TPSA) is 88.6 Å². The number of aryl methyl sites for hydroxylation is 1. The number of aromatic nitrogens is 2. The maximum absolute atomic E-state index is 12.3. The smallest absolute Gasteiger partial charge is 0.270 e. The molecule has 3 rings (SSSR count). The van der Waals surface area contributed by atoms with Gasteiger partial charge in [0, 0.05) is 18.8 Å². The molecule has 0 spiro atoms. The molecule has 2 heterocycles. The van der Waals surface area contributed by atoms with Crippen molar-refractivity contribution in [1.29, 1.82) is 0 Å². The van der Waals surface area contributed by atoms with Crippen molar-refractivity contribution in [3.63, 3.8) is 0 Å². The van der Waals surface area contributed by atoms with Crippen LogP contribution in [0.2, 0.25) is 0 Å². The highest BCUT2D eigenvalue weighted by molar-refractivity contribution is 5.92. The summed E-state index contributed by atoms with van der Waals surface area (Å²) in [6, 6.07) is 7.44. The van der Waals surface area contributed by atoms with Crippen molar-refractivity contribution in [2.45, 2.75) is 19.9 Å². The molecule has 2 aromatic rings. The molecule has 144 valence electrons. The van der Waals surface area contributed by atoms with Crippen LogP contribution in [0.1, 0.15) is 28.2 Å². The highest BCUT2D eigenvalue weighted by Gasteiger charge is 2.14. The van der Waals surface area contributed by atoms with E-state index in [4.69, 9.17) is 9.47 Å². The van der Waals surface area contributed by atoms with Crippen LogP contribution in [0.3, 0.4) is 0 Å². The maximum Gasteiger partial charge on any atom is 0.270 e. The van der Waals surface area contributed by atoms with Gasteiger partial charge in [0.05, 0.1) is 0 Å². The Kier molecular flexibility index (Phi) is 6.08. The predicted molar refractivity (Wildman–Crippen MR) is 102 cm³/mol. The van der Waals surface area contributed by atoms with E-state index >= 15 is 0 Å². The molecule has 0 saturated carbocycles. The van der Waals surface area contributed by atoms with Crippen LogP contribution in [0.4, 0.5) is 5.95 Å². The van der Waals surface area contributed by atoms with E-state index in [1.54, 1.807) is 6.07 Å². The molecule has 0 atom stereocenters. The van der Waals surface area contributed by atoms with Gasteiger partial charge in [0.2, 0.25) is 12.7 Å². The van der Waals surface area contributed by atoms with E-state index in [0.717, 1.165) is 35.7 Å². The lowest BCUT2D eigenvalue weighted by Gasteiger charge is -2.11. The lowest BCUT2D eigenvalue weighted by molar-refractivity contribution is 0.0947. The lowest BCUT2D eigenvalue weighted by atomic mass is 10.2. The Morgan fingerprint density at radius 3 is 2.81 bits per heavy atom. The van der Waals surface area contributed by atoms with E-state index in [0.29, 0.717) is 24.7 Å². The van der Waals surface area contributed by atoms with Crippen LogP contribution in [0.25, 0.3) is 0 Å². The van der Waals surface area contributed by atoms with Gasteiger partial charge in [-0.05, 0) is 57.7 Å². The minimum absolute atomic E-state index is 0.189. The summed E-state index contributed by atoms with van der Waals surface area (Å²) in [6.07, 6.45) is 0.887. The summed E-state index contributed by atoms with van der Waals surface area (Å²) >= 11 is 0. The molecular weight excluding hydrogens is 346 g/mol. The van der Waals surface area contributed by atoms with Gasteiger partial charge in [0.25, 0.3) is 5.91 Å². The molecule has 1 aromatic carbocycles. The Labute approximate surface area is 158 Å². The van der Waals surface area contributed by atoms with Crippen LogP contribution in [0, 0.1) is 6.92 Å². The highest BCUT2D eigenvalue weighted by Crippen LogP contribution is 2.32. The zero-order valence-corrected chi connectivity index (χ0v) is 15.9. The van der Waals surface area contributed by atoms with E-state index in [9.17, 15) is 4.79 Å². The highest BCUT2D eigenvalue weighted by atomic mass is 16.7. The number of nitrogens with zero attached hydrogens (tertiary/aromatic N) is 3. The van der Waals surface area contributed by atoms with Crippen molar-refractivity contribution in [2.24, 2.45) is 0 Å². The van der Waals surface area contributed by atoms with E-state index < -0.39 is 0 Å². The summed E-state index contributed by atoms with van der Waals surface area (Å²) < 4.78 is 10.7. The second-order valence-electron chi connectivity index (χ2n) is 6.67. The van der Waals surface area contributed by atoms with Crippen LogP contribution in [-0.4, -0.2) is 54.8 Å². The van der Waals surface area contributed by atoms with Gasteiger partial charge in [-0.2, -0.15) is 0 Å². The van der Waals surface area contributed by atoms with E-state index in [1.807, 2.05) is 39.2 Å². The minimum Gasteiger partial charge on any atom is -0.454 e. The Bertz CT molecular complexity index is 810. The van der Waals surface area contributed by atoms with Gasteiger partial charge in [0.1, 0.15) is 5.69 Å². The fourth-order valence-electron chi connectivity index (χ4n) is 2.68. The fraction of sp³-hybridized carbons (Fsp3) is 0.421. The average molecular weight is 371 g/mol. The van der Waals surface area contributed by atoms with Crippen molar-refractivity contribution in [3.8, 4) is 11.5 Å². The summed E-state index contributed by atoms with van der Waals surface area (Å²) in [5.74, 6) is 1.72. The first kappa shape index (κ1) is 18.9. The molecule has 1 aliphatic rings. The van der Waals surface area contributed by atoms with E-state index in [1.165, 1.54) is 0 Å². The third-order valence-electron chi connectivity index (χ3n) is 4.04. The van der Waals surface area contributed by atoms with Crippen molar-refractivity contribution in [3.05, 3.63) is 41.2 Å². The predicted octanol–water partition coefficient (Wildman–Crippen LogP) is 1.81. The van der Waals surface area contributed by atoms with Crippen molar-refractivity contribution in [1.82, 2.24) is 20.2 Å².